The summed E-state index contributed by atoms with van der Waals surface area (Å²) in [5.74, 6) is -0.483. The molecule has 0 radical (unpaired) electrons. The average molecular weight is 281 g/mol. The van der Waals surface area contributed by atoms with Crippen molar-refractivity contribution in [2.24, 2.45) is 5.73 Å². The molecule has 1 amide bonds. The molecule has 19 heavy (non-hydrogen) atoms. The standard InChI is InChI=1S/C12H22F3N3O/c1-11(17-2,10(16)19)6-3-7-18(9-4-5-9)8-12(13,14)15/h9,17H,3-8H2,1-2H3,(H2,16,19). The van der Waals surface area contributed by atoms with Crippen molar-refractivity contribution in [3.63, 3.8) is 0 Å². The van der Waals surface area contributed by atoms with E-state index < -0.39 is 24.2 Å². The molecular weight excluding hydrogens is 259 g/mol. The first-order chi connectivity index (χ1) is 8.68. The Labute approximate surface area is 111 Å². The molecule has 7 heteroatoms. The van der Waals surface area contributed by atoms with E-state index in [1.807, 2.05) is 0 Å². The lowest BCUT2D eigenvalue weighted by Crippen LogP contribution is -2.51. The molecule has 0 aromatic heterocycles. The van der Waals surface area contributed by atoms with Gasteiger partial charge in [0.05, 0.1) is 12.1 Å². The maximum atomic E-state index is 12.4. The first-order valence-corrected chi connectivity index (χ1v) is 6.47. The second-order valence-corrected chi connectivity index (χ2v) is 5.37. The van der Waals surface area contributed by atoms with Crippen LogP contribution in [0, 0.1) is 0 Å². The van der Waals surface area contributed by atoms with Crippen molar-refractivity contribution in [1.29, 1.82) is 0 Å². The van der Waals surface area contributed by atoms with Crippen molar-refractivity contribution in [1.82, 2.24) is 10.2 Å². The van der Waals surface area contributed by atoms with Gasteiger partial charge in [-0.05, 0) is 46.2 Å². The number of carbonyl (C=O) groups is 1. The lowest BCUT2D eigenvalue weighted by Gasteiger charge is -2.28. The summed E-state index contributed by atoms with van der Waals surface area (Å²) in [5.41, 5.74) is 4.42. The van der Waals surface area contributed by atoms with Crippen LogP contribution in [0.1, 0.15) is 32.6 Å². The monoisotopic (exact) mass is 281 g/mol. The molecule has 0 heterocycles. The van der Waals surface area contributed by atoms with Crippen molar-refractivity contribution in [2.45, 2.75) is 50.4 Å². The number of hydrogen-bond donors (Lipinski definition) is 2. The molecular formula is C12H22F3N3O. The van der Waals surface area contributed by atoms with Gasteiger partial charge in [-0.15, -0.1) is 0 Å². The molecule has 0 aromatic carbocycles. The van der Waals surface area contributed by atoms with Gasteiger partial charge < -0.3 is 11.1 Å². The molecule has 1 atom stereocenters. The number of halogens is 3. The first-order valence-electron chi connectivity index (χ1n) is 6.47. The van der Waals surface area contributed by atoms with Crippen LogP contribution in [0.5, 0.6) is 0 Å². The van der Waals surface area contributed by atoms with E-state index in [0.29, 0.717) is 19.4 Å². The normalized spacial score (nSPS) is 19.5. The highest BCUT2D eigenvalue weighted by atomic mass is 19.4. The molecule has 0 aliphatic heterocycles. The van der Waals surface area contributed by atoms with Gasteiger partial charge in [0.25, 0.3) is 0 Å². The van der Waals surface area contributed by atoms with Crippen LogP contribution in [0.2, 0.25) is 0 Å². The molecule has 0 bridgehead atoms. The quantitative estimate of drug-likeness (QED) is 0.704. The van der Waals surface area contributed by atoms with Gasteiger partial charge in [-0.1, -0.05) is 0 Å². The first kappa shape index (κ1) is 16.2. The maximum absolute atomic E-state index is 12.4. The van der Waals surface area contributed by atoms with E-state index in [1.54, 1.807) is 14.0 Å². The van der Waals surface area contributed by atoms with Gasteiger partial charge in [0.1, 0.15) is 0 Å². The summed E-state index contributed by atoms with van der Waals surface area (Å²) in [6, 6.07) is 0.0519. The third kappa shape index (κ3) is 5.36. The molecule has 1 saturated carbocycles. The number of alkyl halides is 3. The van der Waals surface area contributed by atoms with Gasteiger partial charge in [-0.3, -0.25) is 9.69 Å². The number of primary amides is 1. The predicted octanol–water partition coefficient (Wildman–Crippen LogP) is 1.26. The zero-order valence-electron chi connectivity index (χ0n) is 11.4. The summed E-state index contributed by atoms with van der Waals surface area (Å²) in [7, 11) is 1.62. The number of likely N-dealkylation sites (N-methyl/N-ethyl adjacent to an activating group) is 1. The van der Waals surface area contributed by atoms with Gasteiger partial charge in [0.2, 0.25) is 5.91 Å². The van der Waals surface area contributed by atoms with E-state index in [1.165, 1.54) is 4.90 Å². The van der Waals surface area contributed by atoms with Gasteiger partial charge in [-0.2, -0.15) is 13.2 Å². The lowest BCUT2D eigenvalue weighted by molar-refractivity contribution is -0.147. The minimum atomic E-state index is -4.17. The third-order valence-corrected chi connectivity index (χ3v) is 3.66. The molecule has 1 aliphatic rings. The number of amides is 1. The SMILES string of the molecule is CNC(C)(CCCN(CC(F)(F)F)C1CC1)C(N)=O. The summed E-state index contributed by atoms with van der Waals surface area (Å²) in [6.07, 6.45) is -1.57. The minimum Gasteiger partial charge on any atom is -0.368 e. The van der Waals surface area contributed by atoms with Crippen LogP contribution < -0.4 is 11.1 Å². The van der Waals surface area contributed by atoms with Crippen LogP contribution in [-0.2, 0) is 4.79 Å². The fraction of sp³-hybridized carbons (Fsp3) is 0.917. The van der Waals surface area contributed by atoms with Crippen LogP contribution >= 0.6 is 0 Å². The Bertz CT molecular complexity index is 318. The van der Waals surface area contributed by atoms with Gasteiger partial charge in [-0.25, -0.2) is 0 Å². The summed E-state index contributed by atoms with van der Waals surface area (Å²) in [5, 5.41) is 2.83. The van der Waals surface area contributed by atoms with Crippen LogP contribution in [-0.4, -0.2) is 48.7 Å². The Balaban J connectivity index is 2.42. The Morgan fingerprint density at radius 2 is 2.00 bits per heavy atom. The third-order valence-electron chi connectivity index (χ3n) is 3.66. The molecule has 1 rings (SSSR count). The van der Waals surface area contributed by atoms with Crippen LogP contribution in [0.25, 0.3) is 0 Å². The predicted molar refractivity (Wildman–Crippen MR) is 66.5 cm³/mol. The molecule has 0 saturated heterocycles. The second kappa shape index (κ2) is 6.09. The lowest BCUT2D eigenvalue weighted by atomic mass is 9.95. The Hall–Kier alpha value is -0.820. The largest absolute Gasteiger partial charge is 0.401 e. The minimum absolute atomic E-state index is 0.0519. The molecule has 112 valence electrons. The molecule has 3 N–H and O–H groups in total. The number of nitrogens with two attached hydrogens (primary N) is 1. The van der Waals surface area contributed by atoms with E-state index in [0.717, 1.165) is 12.8 Å². The van der Waals surface area contributed by atoms with Crippen molar-refractivity contribution < 1.29 is 18.0 Å². The Morgan fingerprint density at radius 1 is 1.42 bits per heavy atom. The molecule has 4 nitrogen and oxygen atoms in total. The van der Waals surface area contributed by atoms with Crippen molar-refractivity contribution in [2.75, 3.05) is 20.1 Å². The smallest absolute Gasteiger partial charge is 0.368 e. The zero-order chi connectivity index (χ0) is 14.7. The van der Waals surface area contributed by atoms with E-state index in [-0.39, 0.29) is 6.04 Å². The van der Waals surface area contributed by atoms with E-state index in [9.17, 15) is 18.0 Å². The van der Waals surface area contributed by atoms with Crippen molar-refractivity contribution in [3.05, 3.63) is 0 Å². The summed E-state index contributed by atoms with van der Waals surface area (Å²) in [6.45, 7) is 1.14. The maximum Gasteiger partial charge on any atom is 0.401 e. The van der Waals surface area contributed by atoms with Crippen LogP contribution in [0.4, 0.5) is 13.2 Å². The fourth-order valence-corrected chi connectivity index (χ4v) is 2.07. The molecule has 1 unspecified atom stereocenters. The topological polar surface area (TPSA) is 58.4 Å². The summed E-state index contributed by atoms with van der Waals surface area (Å²) < 4.78 is 37.3. The Morgan fingerprint density at radius 3 is 2.37 bits per heavy atom. The van der Waals surface area contributed by atoms with E-state index in [4.69, 9.17) is 5.73 Å². The molecule has 0 aromatic rings. The molecule has 1 aliphatic carbocycles. The van der Waals surface area contributed by atoms with Gasteiger partial charge in [0.15, 0.2) is 0 Å². The zero-order valence-corrected chi connectivity index (χ0v) is 11.4. The highest BCUT2D eigenvalue weighted by Gasteiger charge is 2.38. The Kier molecular flexibility index (Phi) is 5.20. The van der Waals surface area contributed by atoms with E-state index >= 15 is 0 Å². The molecule has 1 fully saturated rings. The summed E-state index contributed by atoms with van der Waals surface area (Å²) in [4.78, 5) is 12.7. The van der Waals surface area contributed by atoms with E-state index in [2.05, 4.69) is 5.32 Å². The number of hydrogen-bond acceptors (Lipinski definition) is 3. The van der Waals surface area contributed by atoms with Gasteiger partial charge in [0, 0.05) is 6.04 Å². The number of nitrogens with one attached hydrogen (secondary N) is 1. The van der Waals surface area contributed by atoms with Crippen molar-refractivity contribution in [3.8, 4) is 0 Å². The number of carbonyl (C=O) groups excluding carboxylic acids is 1. The second-order valence-electron chi connectivity index (χ2n) is 5.37. The van der Waals surface area contributed by atoms with Crippen molar-refractivity contribution >= 4 is 5.91 Å². The van der Waals surface area contributed by atoms with Crippen LogP contribution in [0.15, 0.2) is 0 Å². The van der Waals surface area contributed by atoms with Crippen LogP contribution in [0.3, 0.4) is 0 Å². The molecule has 0 spiro atoms. The van der Waals surface area contributed by atoms with Gasteiger partial charge >= 0.3 is 6.18 Å². The highest BCUT2D eigenvalue weighted by molar-refractivity contribution is 5.84. The summed E-state index contributed by atoms with van der Waals surface area (Å²) >= 11 is 0. The number of rotatable bonds is 8. The number of nitrogens with zero attached hydrogens (tertiary/aromatic N) is 1. The average Bonchev–Trinajstić information content (AvgIpc) is 3.09. The fourth-order valence-electron chi connectivity index (χ4n) is 2.07. The highest BCUT2D eigenvalue weighted by Crippen LogP contribution is 2.30.